The first-order valence-corrected chi connectivity index (χ1v) is 9.07. The molecule has 2 atom stereocenters. The van der Waals surface area contributed by atoms with Gasteiger partial charge in [0.15, 0.2) is 0 Å². The first kappa shape index (κ1) is 19.1. The maximum Gasteiger partial charge on any atom is 0.243 e. The number of aryl methyl sites for hydroxylation is 2. The number of pyridine rings is 1. The fourth-order valence-electron chi connectivity index (χ4n) is 3.23. The van der Waals surface area contributed by atoms with E-state index in [2.05, 4.69) is 21.4 Å². The van der Waals surface area contributed by atoms with Crippen molar-refractivity contribution >= 4 is 22.6 Å². The first-order chi connectivity index (χ1) is 12.8. The van der Waals surface area contributed by atoms with Gasteiger partial charge < -0.3 is 21.1 Å². The summed E-state index contributed by atoms with van der Waals surface area (Å²) < 4.78 is 0. The standard InChI is InChI=1S/C21H26N4O2/c1-11(2)19(26)18(22)21(27)25-14-5-6-15(12(3)9-14)16-7-8-23-20-17(16)10-13(4)24-20/h5-11,18-19,26H,22H2,1-4H3,(H,23,24)(H,25,27)/t18-,19+/m0/s1. The van der Waals surface area contributed by atoms with Crippen LogP contribution in [0.25, 0.3) is 22.2 Å². The molecule has 2 aromatic heterocycles. The third-order valence-corrected chi connectivity index (χ3v) is 4.80. The number of carbonyl (C=O) groups is 1. The summed E-state index contributed by atoms with van der Waals surface area (Å²) in [5.41, 5.74) is 11.6. The van der Waals surface area contributed by atoms with E-state index in [1.807, 2.05) is 52.0 Å². The second kappa shape index (κ2) is 7.50. The summed E-state index contributed by atoms with van der Waals surface area (Å²) >= 11 is 0. The number of fused-ring (bicyclic) bond motifs is 1. The number of aliphatic hydroxyl groups is 1. The quantitative estimate of drug-likeness (QED) is 0.557. The van der Waals surface area contributed by atoms with Crippen LogP contribution in [0.15, 0.2) is 36.5 Å². The highest BCUT2D eigenvalue weighted by Gasteiger charge is 2.25. The monoisotopic (exact) mass is 366 g/mol. The highest BCUT2D eigenvalue weighted by molar-refractivity contribution is 5.97. The summed E-state index contributed by atoms with van der Waals surface area (Å²) in [6, 6.07) is 8.85. The van der Waals surface area contributed by atoms with Crippen LogP contribution in [0.2, 0.25) is 0 Å². The lowest BCUT2D eigenvalue weighted by molar-refractivity contribution is -0.120. The van der Waals surface area contributed by atoms with Gasteiger partial charge in [0.05, 0.1) is 6.10 Å². The Hall–Kier alpha value is -2.70. The van der Waals surface area contributed by atoms with Crippen LogP contribution in [0.3, 0.4) is 0 Å². The Morgan fingerprint density at radius 2 is 1.93 bits per heavy atom. The summed E-state index contributed by atoms with van der Waals surface area (Å²) in [5, 5.41) is 13.9. The van der Waals surface area contributed by atoms with Crippen molar-refractivity contribution in [3.05, 3.63) is 47.8 Å². The zero-order chi connectivity index (χ0) is 19.7. The number of aliphatic hydroxyl groups excluding tert-OH is 1. The number of benzene rings is 1. The van der Waals surface area contributed by atoms with Gasteiger partial charge in [-0.3, -0.25) is 4.79 Å². The van der Waals surface area contributed by atoms with Gasteiger partial charge >= 0.3 is 0 Å². The molecule has 0 saturated heterocycles. The van der Waals surface area contributed by atoms with E-state index in [9.17, 15) is 9.90 Å². The Bertz CT molecular complexity index is 977. The smallest absolute Gasteiger partial charge is 0.243 e. The number of carbonyl (C=O) groups excluding carboxylic acids is 1. The zero-order valence-electron chi connectivity index (χ0n) is 16.1. The van der Waals surface area contributed by atoms with E-state index in [0.717, 1.165) is 33.4 Å². The van der Waals surface area contributed by atoms with E-state index in [1.54, 1.807) is 6.20 Å². The summed E-state index contributed by atoms with van der Waals surface area (Å²) in [6.45, 7) is 7.66. The number of nitrogens with zero attached hydrogens (tertiary/aromatic N) is 1. The number of hydrogen-bond donors (Lipinski definition) is 4. The topological polar surface area (TPSA) is 104 Å². The van der Waals surface area contributed by atoms with E-state index in [0.29, 0.717) is 5.69 Å². The molecule has 5 N–H and O–H groups in total. The van der Waals surface area contributed by atoms with Crippen molar-refractivity contribution in [3.63, 3.8) is 0 Å². The number of aromatic nitrogens is 2. The van der Waals surface area contributed by atoms with Gasteiger partial charge in [-0.15, -0.1) is 0 Å². The molecule has 6 heteroatoms. The minimum absolute atomic E-state index is 0.0891. The Balaban J connectivity index is 1.87. The van der Waals surface area contributed by atoms with E-state index in [4.69, 9.17) is 5.73 Å². The summed E-state index contributed by atoms with van der Waals surface area (Å²) in [7, 11) is 0. The molecule has 0 spiro atoms. The molecular formula is C21H26N4O2. The number of H-pyrrole nitrogens is 1. The molecule has 0 unspecified atom stereocenters. The molecule has 0 aliphatic carbocycles. The van der Waals surface area contributed by atoms with Crippen LogP contribution in [-0.4, -0.2) is 33.1 Å². The predicted molar refractivity (Wildman–Crippen MR) is 108 cm³/mol. The molecular weight excluding hydrogens is 340 g/mol. The van der Waals surface area contributed by atoms with Gasteiger partial charge in [-0.25, -0.2) is 4.98 Å². The van der Waals surface area contributed by atoms with Gasteiger partial charge in [-0.2, -0.15) is 0 Å². The van der Waals surface area contributed by atoms with Crippen LogP contribution in [-0.2, 0) is 4.79 Å². The molecule has 3 aromatic rings. The van der Waals surface area contributed by atoms with Crippen molar-refractivity contribution in [1.82, 2.24) is 9.97 Å². The van der Waals surface area contributed by atoms with E-state index >= 15 is 0 Å². The van der Waals surface area contributed by atoms with Crippen molar-refractivity contribution < 1.29 is 9.90 Å². The van der Waals surface area contributed by atoms with Crippen LogP contribution < -0.4 is 11.1 Å². The summed E-state index contributed by atoms with van der Waals surface area (Å²) in [5.74, 6) is -0.482. The molecule has 0 fully saturated rings. The van der Waals surface area contributed by atoms with Gasteiger partial charge in [0, 0.05) is 23.0 Å². The maximum absolute atomic E-state index is 12.3. The molecule has 0 bridgehead atoms. The molecule has 0 aliphatic heterocycles. The number of nitrogens with one attached hydrogen (secondary N) is 2. The van der Waals surface area contributed by atoms with Crippen LogP contribution in [0.4, 0.5) is 5.69 Å². The lowest BCUT2D eigenvalue weighted by Crippen LogP contribution is -2.47. The average molecular weight is 366 g/mol. The third kappa shape index (κ3) is 3.86. The number of aromatic amines is 1. The highest BCUT2D eigenvalue weighted by Crippen LogP contribution is 2.31. The Morgan fingerprint density at radius 3 is 2.59 bits per heavy atom. The maximum atomic E-state index is 12.3. The molecule has 142 valence electrons. The number of rotatable bonds is 5. The van der Waals surface area contributed by atoms with E-state index in [1.165, 1.54) is 0 Å². The van der Waals surface area contributed by atoms with Crippen LogP contribution in [0.5, 0.6) is 0 Å². The SMILES string of the molecule is Cc1cc2c(-c3ccc(NC(=O)[C@@H](N)[C@H](O)C(C)C)cc3C)ccnc2[nH]1. The van der Waals surface area contributed by atoms with Crippen LogP contribution >= 0.6 is 0 Å². The highest BCUT2D eigenvalue weighted by atomic mass is 16.3. The molecule has 3 rings (SSSR count). The Kier molecular flexibility index (Phi) is 5.30. The molecule has 27 heavy (non-hydrogen) atoms. The second-order valence-corrected chi connectivity index (χ2v) is 7.35. The molecule has 0 saturated carbocycles. The number of amides is 1. The lowest BCUT2D eigenvalue weighted by Gasteiger charge is -2.21. The van der Waals surface area contributed by atoms with Crippen LogP contribution in [0.1, 0.15) is 25.1 Å². The normalized spacial score (nSPS) is 13.7. The molecule has 6 nitrogen and oxygen atoms in total. The largest absolute Gasteiger partial charge is 0.391 e. The molecule has 0 radical (unpaired) electrons. The van der Waals surface area contributed by atoms with Gasteiger partial charge in [0.25, 0.3) is 0 Å². The fraction of sp³-hybridized carbons (Fsp3) is 0.333. The fourth-order valence-corrected chi connectivity index (χ4v) is 3.23. The lowest BCUT2D eigenvalue weighted by atomic mass is 9.97. The summed E-state index contributed by atoms with van der Waals surface area (Å²) in [6.07, 6.45) is 0.905. The van der Waals surface area contributed by atoms with Gasteiger partial charge in [-0.05, 0) is 60.7 Å². The van der Waals surface area contributed by atoms with Crippen molar-refractivity contribution in [2.75, 3.05) is 5.32 Å². The van der Waals surface area contributed by atoms with Crippen molar-refractivity contribution in [1.29, 1.82) is 0 Å². The average Bonchev–Trinajstić information content (AvgIpc) is 3.00. The number of nitrogens with two attached hydrogens (primary N) is 1. The third-order valence-electron chi connectivity index (χ3n) is 4.80. The Labute approximate surface area is 158 Å². The number of anilines is 1. The molecule has 2 heterocycles. The molecule has 1 amide bonds. The predicted octanol–water partition coefficient (Wildman–Crippen LogP) is 3.13. The Morgan fingerprint density at radius 1 is 1.19 bits per heavy atom. The van der Waals surface area contributed by atoms with Crippen LogP contribution in [0, 0.1) is 19.8 Å². The zero-order valence-corrected chi connectivity index (χ0v) is 16.1. The first-order valence-electron chi connectivity index (χ1n) is 9.07. The van der Waals surface area contributed by atoms with Crippen molar-refractivity contribution in [2.45, 2.75) is 39.8 Å². The van der Waals surface area contributed by atoms with E-state index in [-0.39, 0.29) is 5.92 Å². The van der Waals surface area contributed by atoms with Gasteiger partial charge in [-0.1, -0.05) is 19.9 Å². The molecule has 0 aliphatic rings. The molecule has 1 aromatic carbocycles. The minimum atomic E-state index is -0.965. The summed E-state index contributed by atoms with van der Waals surface area (Å²) in [4.78, 5) is 19.9. The van der Waals surface area contributed by atoms with Crippen molar-refractivity contribution in [3.8, 4) is 11.1 Å². The van der Waals surface area contributed by atoms with Gasteiger partial charge in [0.1, 0.15) is 11.7 Å². The number of hydrogen-bond acceptors (Lipinski definition) is 4. The van der Waals surface area contributed by atoms with E-state index < -0.39 is 18.1 Å². The van der Waals surface area contributed by atoms with Crippen molar-refractivity contribution in [2.24, 2.45) is 11.7 Å². The second-order valence-electron chi connectivity index (χ2n) is 7.35. The van der Waals surface area contributed by atoms with Gasteiger partial charge in [0.2, 0.25) is 5.91 Å². The minimum Gasteiger partial charge on any atom is -0.391 e.